The fraction of sp³-hybridized carbons (Fsp3) is 0.455. The summed E-state index contributed by atoms with van der Waals surface area (Å²) >= 11 is 0. The molecule has 0 amide bonds. The van der Waals surface area contributed by atoms with Crippen LogP contribution in [-0.2, 0) is 10.0 Å². The zero-order chi connectivity index (χ0) is 12.2. The molecule has 0 bridgehead atoms. The average Bonchev–Trinajstić information content (AvgIpc) is 2.17. The van der Waals surface area contributed by atoms with Gasteiger partial charge in [-0.25, -0.2) is 17.5 Å². The Hall–Kier alpha value is -0.940. The van der Waals surface area contributed by atoms with Crippen LogP contribution in [0.2, 0.25) is 0 Å². The molecule has 0 radical (unpaired) electrons. The zero-order valence-corrected chi connectivity index (χ0v) is 10.2. The maximum Gasteiger partial charge on any atom is 0.212 e. The van der Waals surface area contributed by atoms with E-state index < -0.39 is 10.0 Å². The van der Waals surface area contributed by atoms with Gasteiger partial charge in [0, 0.05) is 6.04 Å². The fourth-order valence-electron chi connectivity index (χ4n) is 1.42. The van der Waals surface area contributed by atoms with Crippen molar-refractivity contribution in [3.63, 3.8) is 0 Å². The van der Waals surface area contributed by atoms with Gasteiger partial charge in [0.2, 0.25) is 10.0 Å². The van der Waals surface area contributed by atoms with E-state index >= 15 is 0 Å². The molecule has 0 heterocycles. The molecule has 1 N–H and O–H groups in total. The fourth-order valence-corrected chi connectivity index (χ4v) is 2.75. The molecule has 90 valence electrons. The van der Waals surface area contributed by atoms with Crippen molar-refractivity contribution < 1.29 is 12.8 Å². The summed E-state index contributed by atoms with van der Waals surface area (Å²) in [4.78, 5) is 0. The van der Waals surface area contributed by atoms with Crippen LogP contribution in [-0.4, -0.2) is 14.2 Å². The van der Waals surface area contributed by atoms with Gasteiger partial charge in [0.25, 0.3) is 0 Å². The maximum absolute atomic E-state index is 12.7. The van der Waals surface area contributed by atoms with Crippen LogP contribution < -0.4 is 4.72 Å². The van der Waals surface area contributed by atoms with Crippen LogP contribution in [0.4, 0.5) is 4.39 Å². The van der Waals surface area contributed by atoms with Crippen LogP contribution in [0.15, 0.2) is 24.3 Å². The molecule has 0 aliphatic rings. The quantitative estimate of drug-likeness (QED) is 0.864. The first-order chi connectivity index (χ1) is 7.44. The Morgan fingerprint density at radius 1 is 1.31 bits per heavy atom. The van der Waals surface area contributed by atoms with E-state index in [0.717, 1.165) is 5.56 Å². The molecule has 0 spiro atoms. The van der Waals surface area contributed by atoms with E-state index in [-0.39, 0.29) is 17.6 Å². The monoisotopic (exact) mass is 245 g/mol. The highest BCUT2D eigenvalue weighted by Gasteiger charge is 2.14. The van der Waals surface area contributed by atoms with Gasteiger partial charge in [-0.15, -0.1) is 0 Å². The number of benzene rings is 1. The highest BCUT2D eigenvalue weighted by molar-refractivity contribution is 7.89. The number of hydrogen-bond acceptors (Lipinski definition) is 2. The molecular formula is C11H16FNO2S. The summed E-state index contributed by atoms with van der Waals surface area (Å²) in [6.45, 7) is 3.54. The molecular weight excluding hydrogens is 229 g/mol. The molecule has 0 unspecified atom stereocenters. The number of nitrogens with one attached hydrogen (secondary N) is 1. The Balaban J connectivity index is 2.72. The van der Waals surface area contributed by atoms with Crippen LogP contribution >= 0.6 is 0 Å². The largest absolute Gasteiger partial charge is 0.212 e. The summed E-state index contributed by atoms with van der Waals surface area (Å²) < 4.78 is 38.2. The number of hydrogen-bond donors (Lipinski definition) is 1. The van der Waals surface area contributed by atoms with Gasteiger partial charge < -0.3 is 0 Å². The third-order valence-corrected chi connectivity index (χ3v) is 3.86. The van der Waals surface area contributed by atoms with Crippen molar-refractivity contribution >= 4 is 10.0 Å². The second-order valence-corrected chi connectivity index (χ2v) is 5.58. The Morgan fingerprint density at radius 3 is 2.38 bits per heavy atom. The van der Waals surface area contributed by atoms with Gasteiger partial charge >= 0.3 is 0 Å². The lowest BCUT2D eigenvalue weighted by atomic mass is 10.1. The predicted molar refractivity (Wildman–Crippen MR) is 62.0 cm³/mol. The normalized spacial score (nSPS) is 13.7. The molecule has 1 rings (SSSR count). The van der Waals surface area contributed by atoms with E-state index in [1.54, 1.807) is 19.1 Å². The standard InChI is InChI=1S/C11H16FNO2S/c1-3-8-16(14,15)13-9(2)10-4-6-11(12)7-5-10/h4-7,9,13H,3,8H2,1-2H3/t9-/m0/s1. The van der Waals surface area contributed by atoms with Gasteiger partial charge in [0.1, 0.15) is 5.82 Å². The van der Waals surface area contributed by atoms with Crippen molar-refractivity contribution in [2.75, 3.05) is 5.75 Å². The molecule has 1 aromatic carbocycles. The van der Waals surface area contributed by atoms with E-state index in [1.165, 1.54) is 12.1 Å². The lowest BCUT2D eigenvalue weighted by Gasteiger charge is -2.14. The second-order valence-electron chi connectivity index (χ2n) is 3.71. The van der Waals surface area contributed by atoms with Crippen molar-refractivity contribution in [1.29, 1.82) is 0 Å². The lowest BCUT2D eigenvalue weighted by molar-refractivity contribution is 0.565. The van der Waals surface area contributed by atoms with Gasteiger partial charge in [0.15, 0.2) is 0 Å². The summed E-state index contributed by atoms with van der Waals surface area (Å²) in [5, 5.41) is 0. The van der Waals surface area contributed by atoms with Crippen LogP contribution in [0.3, 0.4) is 0 Å². The Morgan fingerprint density at radius 2 is 1.88 bits per heavy atom. The first kappa shape index (κ1) is 13.1. The number of sulfonamides is 1. The molecule has 0 saturated carbocycles. The predicted octanol–water partition coefficient (Wildman–Crippen LogP) is 2.22. The average molecular weight is 245 g/mol. The minimum atomic E-state index is -3.23. The summed E-state index contributed by atoms with van der Waals surface area (Å²) in [5.41, 5.74) is 0.751. The molecule has 16 heavy (non-hydrogen) atoms. The molecule has 1 atom stereocenters. The molecule has 1 aromatic rings. The Labute approximate surface area is 95.7 Å². The summed E-state index contributed by atoms with van der Waals surface area (Å²) in [6.07, 6.45) is 0.575. The van der Waals surface area contributed by atoms with E-state index in [9.17, 15) is 12.8 Å². The van der Waals surface area contributed by atoms with Crippen molar-refractivity contribution in [2.24, 2.45) is 0 Å². The Bertz CT molecular complexity index is 428. The smallest absolute Gasteiger partial charge is 0.212 e. The van der Waals surface area contributed by atoms with E-state index in [4.69, 9.17) is 0 Å². The van der Waals surface area contributed by atoms with Gasteiger partial charge in [-0.3, -0.25) is 0 Å². The summed E-state index contributed by atoms with van der Waals surface area (Å²) in [7, 11) is -3.23. The van der Waals surface area contributed by atoms with Crippen LogP contribution in [0, 0.1) is 5.82 Å². The number of rotatable bonds is 5. The van der Waals surface area contributed by atoms with Crippen LogP contribution in [0.1, 0.15) is 31.9 Å². The molecule has 0 saturated heterocycles. The zero-order valence-electron chi connectivity index (χ0n) is 9.40. The van der Waals surface area contributed by atoms with Crippen molar-refractivity contribution in [3.8, 4) is 0 Å². The van der Waals surface area contributed by atoms with E-state index in [0.29, 0.717) is 6.42 Å². The molecule has 0 aromatic heterocycles. The highest BCUT2D eigenvalue weighted by atomic mass is 32.2. The summed E-state index contributed by atoms with van der Waals surface area (Å²) in [5.74, 6) is -0.217. The number of halogens is 1. The van der Waals surface area contributed by atoms with Gasteiger partial charge in [-0.1, -0.05) is 19.1 Å². The van der Waals surface area contributed by atoms with E-state index in [1.807, 2.05) is 6.92 Å². The van der Waals surface area contributed by atoms with E-state index in [2.05, 4.69) is 4.72 Å². The molecule has 3 nitrogen and oxygen atoms in total. The third kappa shape index (κ3) is 3.90. The SMILES string of the molecule is CCCS(=O)(=O)N[C@@H](C)c1ccc(F)cc1. The molecule has 5 heteroatoms. The lowest BCUT2D eigenvalue weighted by Crippen LogP contribution is -2.28. The summed E-state index contributed by atoms with van der Waals surface area (Å²) in [6, 6.07) is 5.46. The molecule has 0 fully saturated rings. The third-order valence-electron chi connectivity index (χ3n) is 2.20. The maximum atomic E-state index is 12.7. The minimum absolute atomic E-state index is 0.110. The van der Waals surface area contributed by atoms with Crippen LogP contribution in [0.25, 0.3) is 0 Å². The van der Waals surface area contributed by atoms with Crippen molar-refractivity contribution in [2.45, 2.75) is 26.3 Å². The first-order valence-corrected chi connectivity index (χ1v) is 6.85. The Kier molecular flexibility index (Phi) is 4.44. The van der Waals surface area contributed by atoms with Gasteiger partial charge in [-0.05, 0) is 31.0 Å². The molecule has 0 aliphatic carbocycles. The van der Waals surface area contributed by atoms with Gasteiger partial charge in [0.05, 0.1) is 5.75 Å². The topological polar surface area (TPSA) is 46.2 Å². The van der Waals surface area contributed by atoms with Gasteiger partial charge in [-0.2, -0.15) is 0 Å². The molecule has 0 aliphatic heterocycles. The van der Waals surface area contributed by atoms with Crippen molar-refractivity contribution in [3.05, 3.63) is 35.6 Å². The van der Waals surface area contributed by atoms with Crippen molar-refractivity contribution in [1.82, 2.24) is 4.72 Å². The minimum Gasteiger partial charge on any atom is -0.212 e. The van der Waals surface area contributed by atoms with Crippen LogP contribution in [0.5, 0.6) is 0 Å². The highest BCUT2D eigenvalue weighted by Crippen LogP contribution is 2.14. The first-order valence-electron chi connectivity index (χ1n) is 5.20. The second kappa shape index (κ2) is 5.41.